The molecule has 0 aromatic heterocycles. The zero-order chi connectivity index (χ0) is 14.9. The lowest BCUT2D eigenvalue weighted by Crippen LogP contribution is -2.17. The Morgan fingerprint density at radius 3 is 2.15 bits per heavy atom. The maximum Gasteiger partial charge on any atom is 0.267 e. The summed E-state index contributed by atoms with van der Waals surface area (Å²) in [5.74, 6) is -2.93. The molecule has 2 aromatic rings. The van der Waals surface area contributed by atoms with Crippen LogP contribution in [-0.2, 0) is 10.0 Å². The first-order valence-electron chi connectivity index (χ1n) is 5.54. The standard InChI is InChI=1S/C13H10F3NO2S/c1-8-7-9(14)5-6-12(8)17-20(18,19)13-10(15)3-2-4-11(13)16/h2-7,17H,1H3. The first-order valence-corrected chi connectivity index (χ1v) is 7.02. The van der Waals surface area contributed by atoms with E-state index in [2.05, 4.69) is 0 Å². The van der Waals surface area contributed by atoms with Gasteiger partial charge in [0.15, 0.2) is 4.90 Å². The second-order valence-corrected chi connectivity index (χ2v) is 5.73. The van der Waals surface area contributed by atoms with Crippen LogP contribution in [-0.4, -0.2) is 8.42 Å². The Kier molecular flexibility index (Phi) is 3.71. The van der Waals surface area contributed by atoms with Crippen LogP contribution in [0.15, 0.2) is 41.3 Å². The number of nitrogens with one attached hydrogen (secondary N) is 1. The molecular formula is C13H10F3NO2S. The Labute approximate surface area is 114 Å². The number of aryl methyl sites for hydroxylation is 1. The van der Waals surface area contributed by atoms with Gasteiger partial charge < -0.3 is 0 Å². The molecule has 0 saturated heterocycles. The monoisotopic (exact) mass is 301 g/mol. The van der Waals surface area contributed by atoms with Crippen molar-refractivity contribution in [1.82, 2.24) is 0 Å². The molecule has 0 aliphatic heterocycles. The van der Waals surface area contributed by atoms with E-state index in [0.717, 1.165) is 30.3 Å². The van der Waals surface area contributed by atoms with E-state index in [4.69, 9.17) is 0 Å². The van der Waals surface area contributed by atoms with Crippen LogP contribution in [0.25, 0.3) is 0 Å². The highest BCUT2D eigenvalue weighted by Crippen LogP contribution is 2.23. The number of hydrogen-bond donors (Lipinski definition) is 1. The van der Waals surface area contributed by atoms with E-state index in [-0.39, 0.29) is 5.69 Å². The van der Waals surface area contributed by atoms with Gasteiger partial charge in [-0.2, -0.15) is 0 Å². The summed E-state index contributed by atoms with van der Waals surface area (Å²) in [5, 5.41) is 0. The number of sulfonamides is 1. The normalized spacial score (nSPS) is 11.4. The van der Waals surface area contributed by atoms with Gasteiger partial charge in [0.25, 0.3) is 10.0 Å². The van der Waals surface area contributed by atoms with Crippen LogP contribution in [0.4, 0.5) is 18.9 Å². The highest BCUT2D eigenvalue weighted by atomic mass is 32.2. The molecule has 2 aromatic carbocycles. The van der Waals surface area contributed by atoms with Crippen LogP contribution in [0.1, 0.15) is 5.56 Å². The van der Waals surface area contributed by atoms with Crippen molar-refractivity contribution in [3.05, 3.63) is 59.4 Å². The molecule has 0 saturated carbocycles. The largest absolute Gasteiger partial charge is 0.279 e. The van der Waals surface area contributed by atoms with Crippen LogP contribution in [0.3, 0.4) is 0 Å². The topological polar surface area (TPSA) is 46.2 Å². The molecule has 0 spiro atoms. The summed E-state index contributed by atoms with van der Waals surface area (Å²) in [6.07, 6.45) is 0. The number of halogens is 3. The van der Waals surface area contributed by atoms with E-state index in [1.54, 1.807) is 0 Å². The highest BCUT2D eigenvalue weighted by molar-refractivity contribution is 7.92. The van der Waals surface area contributed by atoms with Gasteiger partial charge in [-0.1, -0.05) is 6.07 Å². The lowest BCUT2D eigenvalue weighted by molar-refractivity contribution is 0.521. The third-order valence-electron chi connectivity index (χ3n) is 2.62. The Morgan fingerprint density at radius 1 is 1.00 bits per heavy atom. The molecule has 106 valence electrons. The van der Waals surface area contributed by atoms with Crippen molar-refractivity contribution in [2.24, 2.45) is 0 Å². The first-order chi connectivity index (χ1) is 9.31. The van der Waals surface area contributed by atoms with Crippen LogP contribution in [0.2, 0.25) is 0 Å². The van der Waals surface area contributed by atoms with Gasteiger partial charge >= 0.3 is 0 Å². The summed E-state index contributed by atoms with van der Waals surface area (Å²) in [6.45, 7) is 1.47. The molecule has 3 nitrogen and oxygen atoms in total. The van der Waals surface area contributed by atoms with Gasteiger partial charge in [-0.25, -0.2) is 21.6 Å². The van der Waals surface area contributed by atoms with Gasteiger partial charge in [-0.3, -0.25) is 4.72 Å². The molecule has 20 heavy (non-hydrogen) atoms. The molecule has 0 bridgehead atoms. The zero-order valence-corrected chi connectivity index (χ0v) is 11.1. The molecule has 1 N–H and O–H groups in total. The minimum atomic E-state index is -4.43. The Balaban J connectivity index is 2.46. The van der Waals surface area contributed by atoms with Crippen molar-refractivity contribution >= 4 is 15.7 Å². The fourth-order valence-corrected chi connectivity index (χ4v) is 2.95. The molecule has 0 heterocycles. The van der Waals surface area contributed by atoms with E-state index in [1.807, 2.05) is 4.72 Å². The summed E-state index contributed by atoms with van der Waals surface area (Å²) in [7, 11) is -4.43. The molecular weight excluding hydrogens is 291 g/mol. The Bertz CT molecular complexity index is 740. The van der Waals surface area contributed by atoms with E-state index >= 15 is 0 Å². The van der Waals surface area contributed by atoms with Crippen molar-refractivity contribution in [1.29, 1.82) is 0 Å². The van der Waals surface area contributed by atoms with Crippen molar-refractivity contribution in [2.75, 3.05) is 4.72 Å². The lowest BCUT2D eigenvalue weighted by atomic mass is 10.2. The van der Waals surface area contributed by atoms with Crippen molar-refractivity contribution in [3.63, 3.8) is 0 Å². The summed E-state index contributed by atoms with van der Waals surface area (Å²) in [4.78, 5) is -1.07. The van der Waals surface area contributed by atoms with Crippen molar-refractivity contribution in [3.8, 4) is 0 Å². The van der Waals surface area contributed by atoms with E-state index < -0.39 is 32.4 Å². The Hall–Kier alpha value is -2.02. The van der Waals surface area contributed by atoms with Gasteiger partial charge in [0.1, 0.15) is 17.5 Å². The van der Waals surface area contributed by atoms with Crippen LogP contribution >= 0.6 is 0 Å². The maximum absolute atomic E-state index is 13.5. The van der Waals surface area contributed by atoms with Gasteiger partial charge in [0, 0.05) is 0 Å². The van der Waals surface area contributed by atoms with Crippen LogP contribution < -0.4 is 4.72 Å². The molecule has 0 atom stereocenters. The highest BCUT2D eigenvalue weighted by Gasteiger charge is 2.24. The molecule has 0 fully saturated rings. The SMILES string of the molecule is Cc1cc(F)ccc1NS(=O)(=O)c1c(F)cccc1F. The number of anilines is 1. The zero-order valence-electron chi connectivity index (χ0n) is 10.3. The van der Waals surface area contributed by atoms with Crippen molar-refractivity contribution in [2.45, 2.75) is 11.8 Å². The van der Waals surface area contributed by atoms with Gasteiger partial charge in [-0.15, -0.1) is 0 Å². The molecule has 0 unspecified atom stereocenters. The third kappa shape index (κ3) is 2.77. The number of hydrogen-bond acceptors (Lipinski definition) is 2. The van der Waals surface area contributed by atoms with Gasteiger partial charge in [0.05, 0.1) is 5.69 Å². The molecule has 0 aliphatic rings. The number of rotatable bonds is 3. The van der Waals surface area contributed by atoms with E-state index in [9.17, 15) is 21.6 Å². The molecule has 2 rings (SSSR count). The quantitative estimate of drug-likeness (QED) is 0.946. The lowest BCUT2D eigenvalue weighted by Gasteiger charge is -2.11. The smallest absolute Gasteiger partial charge is 0.267 e. The Morgan fingerprint density at radius 2 is 1.60 bits per heavy atom. The summed E-state index contributed by atoms with van der Waals surface area (Å²) < 4.78 is 66.0. The van der Waals surface area contributed by atoms with Crippen LogP contribution in [0.5, 0.6) is 0 Å². The molecule has 7 heteroatoms. The molecule has 0 aliphatic carbocycles. The minimum absolute atomic E-state index is 0.0500. The van der Waals surface area contributed by atoms with Gasteiger partial charge in [0.2, 0.25) is 0 Å². The average Bonchev–Trinajstić information content (AvgIpc) is 2.32. The van der Waals surface area contributed by atoms with Gasteiger partial charge in [-0.05, 0) is 42.8 Å². The second kappa shape index (κ2) is 5.16. The summed E-state index contributed by atoms with van der Waals surface area (Å²) in [5.41, 5.74) is 0.347. The predicted octanol–water partition coefficient (Wildman–Crippen LogP) is 3.21. The van der Waals surface area contributed by atoms with Crippen molar-refractivity contribution < 1.29 is 21.6 Å². The van der Waals surface area contributed by atoms with E-state index in [1.165, 1.54) is 13.0 Å². The maximum atomic E-state index is 13.5. The van der Waals surface area contributed by atoms with Crippen LogP contribution in [0, 0.1) is 24.4 Å². The second-order valence-electron chi connectivity index (χ2n) is 4.12. The molecule has 0 amide bonds. The summed E-state index contributed by atoms with van der Waals surface area (Å²) in [6, 6.07) is 6.08. The minimum Gasteiger partial charge on any atom is -0.279 e. The first kappa shape index (κ1) is 14.4. The fraction of sp³-hybridized carbons (Fsp3) is 0.0769. The third-order valence-corrected chi connectivity index (χ3v) is 4.04. The van der Waals surface area contributed by atoms with E-state index in [0.29, 0.717) is 5.56 Å². The predicted molar refractivity (Wildman–Crippen MR) is 68.3 cm³/mol. The molecule has 0 radical (unpaired) electrons. The average molecular weight is 301 g/mol. The summed E-state index contributed by atoms with van der Waals surface area (Å²) >= 11 is 0. The fourth-order valence-electron chi connectivity index (χ4n) is 1.68. The number of benzene rings is 2.